The maximum Gasteiger partial charge on any atom is 0.0121 e. The molecule has 0 aromatic carbocycles. The van der Waals surface area contributed by atoms with Crippen molar-refractivity contribution in [1.29, 1.82) is 0 Å². The molecule has 0 spiro atoms. The van der Waals surface area contributed by atoms with E-state index in [0.717, 1.165) is 24.5 Å². The van der Waals surface area contributed by atoms with Gasteiger partial charge < -0.3 is 10.2 Å². The molecule has 102 valence electrons. The highest BCUT2D eigenvalue weighted by atomic mass is 15.2. The van der Waals surface area contributed by atoms with Crippen LogP contribution >= 0.6 is 0 Å². The van der Waals surface area contributed by atoms with Crippen molar-refractivity contribution in [2.24, 2.45) is 5.92 Å². The van der Waals surface area contributed by atoms with Gasteiger partial charge in [0.2, 0.25) is 0 Å². The Bertz CT molecular complexity index is 193. The Balaban J connectivity index is 2.26. The zero-order chi connectivity index (χ0) is 12.7. The first-order valence-corrected chi connectivity index (χ1v) is 7.59. The molecule has 3 unspecified atom stereocenters. The van der Waals surface area contributed by atoms with E-state index in [9.17, 15) is 0 Å². The van der Waals surface area contributed by atoms with E-state index in [4.69, 9.17) is 0 Å². The van der Waals surface area contributed by atoms with Crippen LogP contribution in [0.15, 0.2) is 0 Å². The van der Waals surface area contributed by atoms with E-state index in [1.165, 1.54) is 45.1 Å². The minimum Gasteiger partial charge on any atom is -0.317 e. The minimum atomic E-state index is 0.735. The fraction of sp³-hybridized carbons (Fsp3) is 1.00. The van der Waals surface area contributed by atoms with Gasteiger partial charge in [0.25, 0.3) is 0 Å². The highest BCUT2D eigenvalue weighted by Crippen LogP contribution is 2.28. The third-order valence-corrected chi connectivity index (χ3v) is 4.51. The Morgan fingerprint density at radius 3 is 2.65 bits per heavy atom. The number of nitrogens with zero attached hydrogens (tertiary/aromatic N) is 1. The summed E-state index contributed by atoms with van der Waals surface area (Å²) >= 11 is 0. The van der Waals surface area contributed by atoms with Gasteiger partial charge in [-0.15, -0.1) is 0 Å². The first kappa shape index (κ1) is 15.0. The van der Waals surface area contributed by atoms with Crippen molar-refractivity contribution < 1.29 is 0 Å². The molecule has 2 nitrogen and oxygen atoms in total. The molecule has 0 amide bonds. The number of rotatable bonds is 7. The Morgan fingerprint density at radius 2 is 2.00 bits per heavy atom. The Morgan fingerprint density at radius 1 is 1.29 bits per heavy atom. The second-order valence-electron chi connectivity index (χ2n) is 5.84. The SMILES string of the molecule is CCNCCCC(C)N(C)C1CCCCC1C. The number of hydrogen-bond donors (Lipinski definition) is 1. The first-order valence-electron chi connectivity index (χ1n) is 7.59. The summed E-state index contributed by atoms with van der Waals surface area (Å²) in [6.45, 7) is 9.29. The summed E-state index contributed by atoms with van der Waals surface area (Å²) in [7, 11) is 2.34. The monoisotopic (exact) mass is 240 g/mol. The third kappa shape index (κ3) is 4.97. The molecule has 3 atom stereocenters. The molecule has 1 saturated carbocycles. The van der Waals surface area contributed by atoms with Gasteiger partial charge in [-0.1, -0.05) is 26.7 Å². The highest BCUT2D eigenvalue weighted by molar-refractivity contribution is 4.82. The van der Waals surface area contributed by atoms with Crippen LogP contribution in [0.5, 0.6) is 0 Å². The van der Waals surface area contributed by atoms with Gasteiger partial charge in [-0.05, 0) is 58.7 Å². The third-order valence-electron chi connectivity index (χ3n) is 4.51. The molecular weight excluding hydrogens is 208 g/mol. The fourth-order valence-corrected chi connectivity index (χ4v) is 3.13. The Labute approximate surface area is 108 Å². The van der Waals surface area contributed by atoms with Crippen LogP contribution in [0.2, 0.25) is 0 Å². The number of hydrogen-bond acceptors (Lipinski definition) is 2. The van der Waals surface area contributed by atoms with Crippen LogP contribution in [0.25, 0.3) is 0 Å². The summed E-state index contributed by atoms with van der Waals surface area (Å²) in [6.07, 6.45) is 8.35. The van der Waals surface area contributed by atoms with Gasteiger partial charge in [-0.2, -0.15) is 0 Å². The smallest absolute Gasteiger partial charge is 0.0121 e. The molecule has 1 N–H and O–H groups in total. The zero-order valence-corrected chi connectivity index (χ0v) is 12.3. The van der Waals surface area contributed by atoms with Crippen LogP contribution < -0.4 is 5.32 Å². The van der Waals surface area contributed by atoms with Gasteiger partial charge >= 0.3 is 0 Å². The van der Waals surface area contributed by atoms with Crippen LogP contribution in [-0.4, -0.2) is 37.1 Å². The Kier molecular flexibility index (Phi) is 7.14. The minimum absolute atomic E-state index is 0.735. The highest BCUT2D eigenvalue weighted by Gasteiger charge is 2.27. The van der Waals surface area contributed by atoms with Crippen LogP contribution in [0.1, 0.15) is 59.3 Å². The second kappa shape index (κ2) is 8.10. The molecular formula is C15H32N2. The standard InChI is InChI=1S/C15H32N2/c1-5-16-12-8-10-14(3)17(4)15-11-7-6-9-13(15)2/h13-16H,5-12H2,1-4H3. The quantitative estimate of drug-likeness (QED) is 0.687. The molecule has 17 heavy (non-hydrogen) atoms. The van der Waals surface area contributed by atoms with E-state index in [-0.39, 0.29) is 0 Å². The molecule has 1 aliphatic rings. The summed E-state index contributed by atoms with van der Waals surface area (Å²) in [5, 5.41) is 3.41. The lowest BCUT2D eigenvalue weighted by molar-refractivity contribution is 0.0986. The summed E-state index contributed by atoms with van der Waals surface area (Å²) in [4.78, 5) is 2.65. The van der Waals surface area contributed by atoms with Gasteiger partial charge in [0, 0.05) is 12.1 Å². The van der Waals surface area contributed by atoms with Gasteiger partial charge in [-0.25, -0.2) is 0 Å². The summed E-state index contributed by atoms with van der Waals surface area (Å²) in [5.41, 5.74) is 0. The molecule has 1 rings (SSSR count). The summed E-state index contributed by atoms with van der Waals surface area (Å²) in [6, 6.07) is 1.57. The molecule has 1 aliphatic carbocycles. The molecule has 0 aromatic heterocycles. The molecule has 0 aliphatic heterocycles. The van der Waals surface area contributed by atoms with E-state index >= 15 is 0 Å². The normalized spacial score (nSPS) is 27.4. The lowest BCUT2D eigenvalue weighted by Crippen LogP contribution is -2.44. The Hall–Kier alpha value is -0.0800. The topological polar surface area (TPSA) is 15.3 Å². The van der Waals surface area contributed by atoms with Crippen LogP contribution in [0.3, 0.4) is 0 Å². The van der Waals surface area contributed by atoms with Gasteiger partial charge in [0.1, 0.15) is 0 Å². The van der Waals surface area contributed by atoms with Crippen LogP contribution in [0.4, 0.5) is 0 Å². The molecule has 1 fully saturated rings. The van der Waals surface area contributed by atoms with Crippen molar-refractivity contribution in [2.45, 2.75) is 71.4 Å². The molecule has 0 aromatic rings. The van der Waals surface area contributed by atoms with Crippen molar-refractivity contribution in [3.63, 3.8) is 0 Å². The molecule has 2 heteroatoms. The largest absolute Gasteiger partial charge is 0.317 e. The lowest BCUT2D eigenvalue weighted by Gasteiger charge is -2.39. The predicted octanol–water partition coefficient (Wildman–Crippen LogP) is 3.28. The van der Waals surface area contributed by atoms with E-state index < -0.39 is 0 Å². The van der Waals surface area contributed by atoms with E-state index in [1.807, 2.05) is 0 Å². The first-order chi connectivity index (χ1) is 8.16. The maximum absolute atomic E-state index is 3.41. The van der Waals surface area contributed by atoms with Crippen molar-refractivity contribution >= 4 is 0 Å². The van der Waals surface area contributed by atoms with E-state index in [1.54, 1.807) is 0 Å². The molecule has 0 radical (unpaired) electrons. The molecule has 0 saturated heterocycles. The fourth-order valence-electron chi connectivity index (χ4n) is 3.13. The maximum atomic E-state index is 3.41. The van der Waals surface area contributed by atoms with Gasteiger partial charge in [-0.3, -0.25) is 0 Å². The lowest BCUT2D eigenvalue weighted by atomic mass is 9.84. The van der Waals surface area contributed by atoms with E-state index in [0.29, 0.717) is 0 Å². The van der Waals surface area contributed by atoms with Crippen LogP contribution in [-0.2, 0) is 0 Å². The molecule has 0 bridgehead atoms. The summed E-state index contributed by atoms with van der Waals surface area (Å²) in [5.74, 6) is 0.893. The zero-order valence-electron chi connectivity index (χ0n) is 12.3. The van der Waals surface area contributed by atoms with Gasteiger partial charge in [0.15, 0.2) is 0 Å². The van der Waals surface area contributed by atoms with Crippen molar-refractivity contribution in [3.8, 4) is 0 Å². The van der Waals surface area contributed by atoms with Crippen LogP contribution in [0, 0.1) is 5.92 Å². The molecule has 0 heterocycles. The average molecular weight is 240 g/mol. The average Bonchev–Trinajstić information content (AvgIpc) is 2.34. The van der Waals surface area contributed by atoms with Gasteiger partial charge in [0.05, 0.1) is 0 Å². The summed E-state index contributed by atoms with van der Waals surface area (Å²) < 4.78 is 0. The second-order valence-corrected chi connectivity index (χ2v) is 5.84. The van der Waals surface area contributed by atoms with E-state index in [2.05, 4.69) is 38.0 Å². The van der Waals surface area contributed by atoms with Crippen molar-refractivity contribution in [3.05, 3.63) is 0 Å². The van der Waals surface area contributed by atoms with Crippen molar-refractivity contribution in [2.75, 3.05) is 20.1 Å². The van der Waals surface area contributed by atoms with Crippen molar-refractivity contribution in [1.82, 2.24) is 10.2 Å². The number of nitrogens with one attached hydrogen (secondary N) is 1. The predicted molar refractivity (Wildman–Crippen MR) is 76.4 cm³/mol.